The lowest BCUT2D eigenvalue weighted by molar-refractivity contribution is -0.149. The van der Waals surface area contributed by atoms with Gasteiger partial charge in [-0.1, -0.05) is 12.1 Å². The van der Waals surface area contributed by atoms with Gasteiger partial charge in [0, 0.05) is 19.4 Å². The van der Waals surface area contributed by atoms with Crippen LogP contribution in [0.5, 0.6) is 5.75 Å². The first-order chi connectivity index (χ1) is 16.9. The highest BCUT2D eigenvalue weighted by Crippen LogP contribution is 2.20. The van der Waals surface area contributed by atoms with Gasteiger partial charge >= 0.3 is 5.97 Å². The van der Waals surface area contributed by atoms with Crippen LogP contribution in [0.2, 0.25) is 0 Å². The maximum Gasteiger partial charge on any atom is 0.326 e. The highest BCUT2D eigenvalue weighted by molar-refractivity contribution is 5.94. The topological polar surface area (TPSA) is 225 Å². The Morgan fingerprint density at radius 2 is 1.69 bits per heavy atom. The highest BCUT2D eigenvalue weighted by Gasteiger charge is 2.38. The number of carboxylic acid groups (broad SMARTS) is 1. The van der Waals surface area contributed by atoms with Gasteiger partial charge in [-0.25, -0.2) is 4.79 Å². The van der Waals surface area contributed by atoms with Crippen molar-refractivity contribution in [2.75, 3.05) is 6.54 Å². The van der Waals surface area contributed by atoms with Crippen molar-refractivity contribution in [3.05, 3.63) is 29.8 Å². The lowest BCUT2D eigenvalue weighted by Gasteiger charge is -2.29. The molecule has 36 heavy (non-hydrogen) atoms. The minimum Gasteiger partial charge on any atom is -0.508 e. The van der Waals surface area contributed by atoms with Crippen LogP contribution in [0.15, 0.2) is 24.3 Å². The van der Waals surface area contributed by atoms with Crippen molar-refractivity contribution in [3.63, 3.8) is 0 Å². The zero-order chi connectivity index (χ0) is 27.0. The van der Waals surface area contributed by atoms with Gasteiger partial charge in [-0.05, 0) is 43.9 Å². The maximum absolute atomic E-state index is 13.4. The summed E-state index contributed by atoms with van der Waals surface area (Å²) in [6.45, 7) is 1.49. The fourth-order valence-corrected chi connectivity index (χ4v) is 3.87. The molecular formula is C23H33N5O8. The van der Waals surface area contributed by atoms with Gasteiger partial charge in [-0.15, -0.1) is 0 Å². The second kappa shape index (κ2) is 12.8. The number of phenolic OH excluding ortho intramolecular Hbond substituents is 1. The SMILES string of the molecule is CC(O)C(N)C(=O)NC(CCC(N)=O)C(=O)NC(Cc1ccc(O)cc1)C(=O)N1CCCC1C(=O)O. The predicted octanol–water partition coefficient (Wildman–Crippen LogP) is -2.05. The number of benzene rings is 1. The molecular weight excluding hydrogens is 474 g/mol. The summed E-state index contributed by atoms with van der Waals surface area (Å²) in [4.78, 5) is 63.0. The standard InChI is InChI=1S/C23H33N5O8/c1-12(29)19(25)21(33)26-15(8-9-18(24)31)20(32)27-16(11-13-4-6-14(30)7-5-13)22(34)28-10-2-3-17(28)23(35)36/h4-7,12,15-17,19,29-30H,2-3,8-11,25H2,1H3,(H2,24,31)(H,26,33)(H,27,32)(H,35,36). The lowest BCUT2D eigenvalue weighted by Crippen LogP contribution is -2.58. The second-order valence-corrected chi connectivity index (χ2v) is 8.79. The summed E-state index contributed by atoms with van der Waals surface area (Å²) in [5, 5.41) is 33.5. The molecule has 1 heterocycles. The van der Waals surface area contributed by atoms with Crippen LogP contribution in [0.25, 0.3) is 0 Å². The van der Waals surface area contributed by atoms with Crippen LogP contribution in [0.3, 0.4) is 0 Å². The summed E-state index contributed by atoms with van der Waals surface area (Å²) in [5.41, 5.74) is 11.4. The molecule has 9 N–H and O–H groups in total. The van der Waals surface area contributed by atoms with E-state index in [0.717, 1.165) is 0 Å². The van der Waals surface area contributed by atoms with E-state index in [4.69, 9.17) is 11.5 Å². The van der Waals surface area contributed by atoms with Gasteiger partial charge in [-0.2, -0.15) is 0 Å². The van der Waals surface area contributed by atoms with Gasteiger partial charge in [0.2, 0.25) is 23.6 Å². The molecule has 13 heteroatoms. The Hall–Kier alpha value is -3.71. The van der Waals surface area contributed by atoms with Crippen molar-refractivity contribution < 1.29 is 39.3 Å². The fraction of sp³-hybridized carbons (Fsp3) is 0.522. The number of carbonyl (C=O) groups is 5. The predicted molar refractivity (Wildman–Crippen MR) is 126 cm³/mol. The van der Waals surface area contributed by atoms with Crippen LogP contribution >= 0.6 is 0 Å². The molecule has 1 aromatic rings. The van der Waals surface area contributed by atoms with E-state index in [9.17, 15) is 39.3 Å². The number of carbonyl (C=O) groups excluding carboxylic acids is 4. The minimum absolute atomic E-state index is 0.000162. The van der Waals surface area contributed by atoms with Gasteiger partial charge in [0.1, 0.15) is 29.9 Å². The molecule has 0 saturated carbocycles. The number of nitrogens with one attached hydrogen (secondary N) is 2. The first kappa shape index (κ1) is 28.5. The Morgan fingerprint density at radius 3 is 2.25 bits per heavy atom. The number of nitrogens with zero attached hydrogens (tertiary/aromatic N) is 1. The van der Waals surface area contributed by atoms with Crippen LogP contribution in [-0.2, 0) is 30.4 Å². The average molecular weight is 508 g/mol. The minimum atomic E-state index is -1.34. The van der Waals surface area contributed by atoms with Crippen molar-refractivity contribution in [2.45, 2.75) is 69.3 Å². The van der Waals surface area contributed by atoms with Crippen molar-refractivity contribution in [1.29, 1.82) is 0 Å². The number of aromatic hydroxyl groups is 1. The Kier molecular flexibility index (Phi) is 10.2. The quantitative estimate of drug-likeness (QED) is 0.165. The molecule has 1 aromatic carbocycles. The number of hydrogen-bond donors (Lipinski definition) is 7. The van der Waals surface area contributed by atoms with E-state index in [2.05, 4.69) is 10.6 Å². The maximum atomic E-state index is 13.4. The molecule has 5 atom stereocenters. The molecule has 1 aliphatic rings. The normalized spacial score (nSPS) is 18.5. The molecule has 0 aliphatic carbocycles. The summed E-state index contributed by atoms with van der Waals surface area (Å²) >= 11 is 0. The molecule has 0 spiro atoms. The monoisotopic (exact) mass is 507 g/mol. The number of phenols is 1. The Labute approximate surface area is 207 Å². The van der Waals surface area contributed by atoms with E-state index >= 15 is 0 Å². The van der Waals surface area contributed by atoms with Crippen molar-refractivity contribution in [2.24, 2.45) is 11.5 Å². The zero-order valence-electron chi connectivity index (χ0n) is 19.9. The first-order valence-electron chi connectivity index (χ1n) is 11.5. The van der Waals surface area contributed by atoms with Gasteiger partial charge < -0.3 is 42.3 Å². The van der Waals surface area contributed by atoms with E-state index in [0.29, 0.717) is 12.0 Å². The molecule has 1 saturated heterocycles. The van der Waals surface area contributed by atoms with E-state index in [-0.39, 0.29) is 38.0 Å². The third-order valence-electron chi connectivity index (χ3n) is 5.95. The molecule has 4 amide bonds. The Balaban J connectivity index is 2.29. The van der Waals surface area contributed by atoms with Crippen molar-refractivity contribution in [3.8, 4) is 5.75 Å². The largest absolute Gasteiger partial charge is 0.508 e. The molecule has 0 bridgehead atoms. The number of carboxylic acids is 1. The highest BCUT2D eigenvalue weighted by atomic mass is 16.4. The van der Waals surface area contributed by atoms with Gasteiger partial charge in [0.15, 0.2) is 0 Å². The van der Waals surface area contributed by atoms with Gasteiger partial charge in [0.05, 0.1) is 6.10 Å². The van der Waals surface area contributed by atoms with Crippen LogP contribution in [-0.4, -0.2) is 86.6 Å². The number of likely N-dealkylation sites (tertiary alicyclic amines) is 1. The summed E-state index contributed by atoms with van der Waals surface area (Å²) in [5.74, 6) is -4.16. The summed E-state index contributed by atoms with van der Waals surface area (Å²) in [6, 6.07) is 1.02. The third-order valence-corrected chi connectivity index (χ3v) is 5.95. The molecule has 1 fully saturated rings. The number of rotatable bonds is 12. The van der Waals surface area contributed by atoms with Crippen LogP contribution < -0.4 is 22.1 Å². The van der Waals surface area contributed by atoms with E-state index < -0.39 is 59.9 Å². The molecule has 0 radical (unpaired) electrons. The van der Waals surface area contributed by atoms with Crippen LogP contribution in [0.4, 0.5) is 0 Å². The van der Waals surface area contributed by atoms with Crippen LogP contribution in [0.1, 0.15) is 38.2 Å². The van der Waals surface area contributed by atoms with Crippen molar-refractivity contribution in [1.82, 2.24) is 15.5 Å². The van der Waals surface area contributed by atoms with Gasteiger partial charge in [-0.3, -0.25) is 19.2 Å². The van der Waals surface area contributed by atoms with Gasteiger partial charge in [0.25, 0.3) is 0 Å². The Morgan fingerprint density at radius 1 is 1.08 bits per heavy atom. The summed E-state index contributed by atoms with van der Waals surface area (Å²) in [6.07, 6.45) is -0.936. The molecule has 0 aromatic heterocycles. The molecule has 5 unspecified atom stereocenters. The third kappa shape index (κ3) is 7.92. The summed E-state index contributed by atoms with van der Waals surface area (Å²) in [7, 11) is 0. The zero-order valence-corrected chi connectivity index (χ0v) is 19.9. The lowest BCUT2D eigenvalue weighted by atomic mass is 10.0. The molecule has 13 nitrogen and oxygen atoms in total. The number of aliphatic hydroxyl groups is 1. The number of hydrogen-bond acceptors (Lipinski definition) is 8. The summed E-state index contributed by atoms with van der Waals surface area (Å²) < 4.78 is 0. The number of primary amides is 1. The Bertz CT molecular complexity index is 968. The first-order valence-corrected chi connectivity index (χ1v) is 11.5. The molecule has 198 valence electrons. The molecule has 1 aliphatic heterocycles. The number of nitrogens with two attached hydrogens (primary N) is 2. The smallest absolute Gasteiger partial charge is 0.326 e. The molecule has 2 rings (SSSR count). The number of aliphatic hydroxyl groups excluding tert-OH is 1. The van der Waals surface area contributed by atoms with E-state index in [1.807, 2.05) is 0 Å². The average Bonchev–Trinajstić information content (AvgIpc) is 3.31. The van der Waals surface area contributed by atoms with Crippen LogP contribution in [0, 0.1) is 0 Å². The van der Waals surface area contributed by atoms with Crippen molar-refractivity contribution >= 4 is 29.6 Å². The number of amides is 4. The second-order valence-electron chi connectivity index (χ2n) is 8.79. The number of aliphatic carboxylic acids is 1. The fourth-order valence-electron chi connectivity index (χ4n) is 3.87. The van der Waals surface area contributed by atoms with E-state index in [1.165, 1.54) is 24.0 Å². The van der Waals surface area contributed by atoms with E-state index in [1.54, 1.807) is 12.1 Å².